The maximum absolute atomic E-state index is 2.38. The minimum absolute atomic E-state index is 1.08. The maximum atomic E-state index is 2.38. The predicted molar refractivity (Wildman–Crippen MR) is 263 cm³/mol. The van der Waals surface area contributed by atoms with Crippen molar-refractivity contribution in [2.45, 2.75) is 12.8 Å². The summed E-state index contributed by atoms with van der Waals surface area (Å²) in [5.41, 5.74) is 15.8. The first-order chi connectivity index (χ1) is 30.2. The number of para-hydroxylation sites is 2. The molecule has 61 heavy (non-hydrogen) atoms. The summed E-state index contributed by atoms with van der Waals surface area (Å²) in [6, 6.07) is 70.8. The zero-order valence-electron chi connectivity index (χ0n) is 34.2. The third kappa shape index (κ3) is 6.73. The minimum atomic E-state index is 1.08. The van der Waals surface area contributed by atoms with Crippen molar-refractivity contribution in [2.75, 3.05) is 4.90 Å². The van der Waals surface area contributed by atoms with Gasteiger partial charge in [0.1, 0.15) is 0 Å². The van der Waals surface area contributed by atoms with E-state index < -0.39 is 0 Å². The second-order valence-electron chi connectivity index (χ2n) is 16.1. The van der Waals surface area contributed by atoms with Crippen molar-refractivity contribution in [3.63, 3.8) is 0 Å². The average Bonchev–Trinajstić information content (AvgIpc) is 3.61. The SMILES string of the molecule is Cn1c2cc(/C=C/c3ccc4cc(-c5cccc6c(C7=CCCC=C7)ccc(-c7ccccc7)c56)ccc4c3)ccc2c2ccc(N(c3ccccc3)c3ccccc3)cc21. The Morgan fingerprint density at radius 1 is 0.443 bits per heavy atom. The van der Waals surface area contributed by atoms with Gasteiger partial charge in [0.25, 0.3) is 0 Å². The van der Waals surface area contributed by atoms with E-state index in [-0.39, 0.29) is 0 Å². The summed E-state index contributed by atoms with van der Waals surface area (Å²) in [5, 5.41) is 7.57. The molecule has 0 atom stereocenters. The van der Waals surface area contributed by atoms with E-state index >= 15 is 0 Å². The standard InChI is InChI=1S/C59H44N2/c1-60-57-38-42(28-33-54(57)55-34-32-50(40-58(55)60)61(48-19-10-4-11-20-48)49-21-12-5-13-22-49)26-25-41-27-29-46-39-47(31-30-45(46)37-41)52-23-14-24-56-51(43-15-6-2-7-16-43)35-36-53(59(52)56)44-17-8-3-9-18-44/h3-6,8-40H,2,7H2,1H3/b26-25+. The predicted octanol–water partition coefficient (Wildman–Crippen LogP) is 16.3. The summed E-state index contributed by atoms with van der Waals surface area (Å²) in [7, 11) is 2.18. The van der Waals surface area contributed by atoms with Crippen molar-refractivity contribution < 1.29 is 0 Å². The Hall–Kier alpha value is -7.68. The van der Waals surface area contributed by atoms with Crippen LogP contribution in [0.5, 0.6) is 0 Å². The first-order valence-corrected chi connectivity index (χ1v) is 21.3. The second-order valence-corrected chi connectivity index (χ2v) is 16.1. The first-order valence-electron chi connectivity index (χ1n) is 21.3. The normalized spacial score (nSPS) is 12.8. The molecule has 11 rings (SSSR count). The van der Waals surface area contributed by atoms with Gasteiger partial charge in [0.2, 0.25) is 0 Å². The van der Waals surface area contributed by atoms with Gasteiger partial charge in [-0.1, -0.05) is 170 Å². The van der Waals surface area contributed by atoms with Crippen LogP contribution in [0.15, 0.2) is 212 Å². The van der Waals surface area contributed by atoms with Crippen LogP contribution in [-0.2, 0) is 7.05 Å². The Morgan fingerprint density at radius 3 is 1.80 bits per heavy atom. The Morgan fingerprint density at radius 2 is 1.07 bits per heavy atom. The Balaban J connectivity index is 0.917. The van der Waals surface area contributed by atoms with Crippen LogP contribution in [0.3, 0.4) is 0 Å². The number of benzene rings is 9. The lowest BCUT2D eigenvalue weighted by Crippen LogP contribution is -2.09. The minimum Gasteiger partial charge on any atom is -0.344 e. The molecule has 1 heterocycles. The van der Waals surface area contributed by atoms with Crippen molar-refractivity contribution in [3.05, 3.63) is 229 Å². The van der Waals surface area contributed by atoms with Gasteiger partial charge < -0.3 is 9.47 Å². The van der Waals surface area contributed by atoms with Crippen LogP contribution in [0.25, 0.3) is 83.3 Å². The molecule has 1 aliphatic carbocycles. The highest BCUT2D eigenvalue weighted by molar-refractivity contribution is 6.12. The molecule has 0 aliphatic heterocycles. The number of allylic oxidation sites excluding steroid dienone is 4. The summed E-state index contributed by atoms with van der Waals surface area (Å²) >= 11 is 0. The molecular formula is C59H44N2. The van der Waals surface area contributed by atoms with E-state index in [4.69, 9.17) is 0 Å². The summed E-state index contributed by atoms with van der Waals surface area (Å²) in [5.74, 6) is 0. The average molecular weight is 781 g/mol. The van der Waals surface area contributed by atoms with Crippen LogP contribution in [0.2, 0.25) is 0 Å². The molecule has 0 amide bonds. The number of hydrogen-bond donors (Lipinski definition) is 0. The third-order valence-corrected chi connectivity index (χ3v) is 12.4. The van der Waals surface area contributed by atoms with Crippen LogP contribution in [0.4, 0.5) is 17.1 Å². The van der Waals surface area contributed by atoms with Crippen LogP contribution in [0.1, 0.15) is 29.5 Å². The molecular weight excluding hydrogens is 737 g/mol. The molecule has 2 heteroatoms. The monoisotopic (exact) mass is 780 g/mol. The van der Waals surface area contributed by atoms with E-state index in [1.807, 2.05) is 0 Å². The largest absolute Gasteiger partial charge is 0.344 e. The number of aromatic nitrogens is 1. The highest BCUT2D eigenvalue weighted by Crippen LogP contribution is 2.42. The summed E-state index contributed by atoms with van der Waals surface area (Å²) in [6.45, 7) is 0. The molecule has 0 unspecified atom stereocenters. The molecule has 0 N–H and O–H groups in total. The molecule has 0 saturated carbocycles. The first kappa shape index (κ1) is 36.4. The molecule has 0 bridgehead atoms. The van der Waals surface area contributed by atoms with Gasteiger partial charge in [-0.25, -0.2) is 0 Å². The van der Waals surface area contributed by atoms with Crippen molar-refractivity contribution in [1.29, 1.82) is 0 Å². The van der Waals surface area contributed by atoms with Crippen LogP contribution in [0, 0.1) is 0 Å². The molecule has 0 saturated heterocycles. The number of hydrogen-bond acceptors (Lipinski definition) is 1. The summed E-state index contributed by atoms with van der Waals surface area (Å²) in [4.78, 5) is 2.32. The molecule has 1 aliphatic rings. The van der Waals surface area contributed by atoms with E-state index in [0.717, 1.165) is 29.9 Å². The quantitative estimate of drug-likeness (QED) is 0.139. The van der Waals surface area contributed by atoms with E-state index in [1.165, 1.54) is 87.9 Å². The lowest BCUT2D eigenvalue weighted by molar-refractivity contribution is 1.01. The van der Waals surface area contributed by atoms with Gasteiger partial charge in [0.05, 0.1) is 5.52 Å². The van der Waals surface area contributed by atoms with Crippen LogP contribution < -0.4 is 4.90 Å². The number of anilines is 3. The molecule has 0 radical (unpaired) electrons. The lowest BCUT2D eigenvalue weighted by atomic mass is 9.86. The highest BCUT2D eigenvalue weighted by atomic mass is 15.1. The molecule has 0 spiro atoms. The maximum Gasteiger partial charge on any atom is 0.0509 e. The smallest absolute Gasteiger partial charge is 0.0509 e. The zero-order valence-corrected chi connectivity index (χ0v) is 34.2. The number of nitrogens with zero attached hydrogens (tertiary/aromatic N) is 2. The van der Waals surface area contributed by atoms with Crippen molar-refractivity contribution in [3.8, 4) is 22.3 Å². The molecule has 2 nitrogen and oxygen atoms in total. The third-order valence-electron chi connectivity index (χ3n) is 12.4. The van der Waals surface area contributed by atoms with E-state index in [2.05, 4.69) is 241 Å². The van der Waals surface area contributed by atoms with Crippen LogP contribution in [-0.4, -0.2) is 4.57 Å². The fourth-order valence-electron chi connectivity index (χ4n) is 9.35. The van der Waals surface area contributed by atoms with Gasteiger partial charge in [-0.05, 0) is 134 Å². The number of rotatable bonds is 8. The zero-order chi connectivity index (χ0) is 40.7. The Kier molecular flexibility index (Phi) is 9.24. The van der Waals surface area contributed by atoms with Gasteiger partial charge >= 0.3 is 0 Å². The second kappa shape index (κ2) is 15.5. The van der Waals surface area contributed by atoms with Crippen molar-refractivity contribution >= 4 is 78.1 Å². The number of aryl methyl sites for hydroxylation is 1. The van der Waals surface area contributed by atoms with E-state index in [1.54, 1.807) is 0 Å². The Bertz CT molecular complexity index is 3310. The van der Waals surface area contributed by atoms with Gasteiger partial charge in [-0.2, -0.15) is 0 Å². The lowest BCUT2D eigenvalue weighted by Gasteiger charge is -2.25. The topological polar surface area (TPSA) is 8.17 Å². The number of fused-ring (bicyclic) bond motifs is 5. The molecule has 9 aromatic carbocycles. The van der Waals surface area contributed by atoms with Gasteiger partial charge in [0.15, 0.2) is 0 Å². The van der Waals surface area contributed by atoms with Crippen LogP contribution >= 0.6 is 0 Å². The fourth-order valence-corrected chi connectivity index (χ4v) is 9.35. The van der Waals surface area contributed by atoms with E-state index in [0.29, 0.717) is 0 Å². The van der Waals surface area contributed by atoms with Gasteiger partial charge in [-0.15, -0.1) is 0 Å². The van der Waals surface area contributed by atoms with E-state index in [9.17, 15) is 0 Å². The summed E-state index contributed by atoms with van der Waals surface area (Å²) in [6.07, 6.45) is 13.6. The Labute approximate surface area is 357 Å². The molecule has 10 aromatic rings. The molecule has 1 aromatic heterocycles. The van der Waals surface area contributed by atoms with Crippen molar-refractivity contribution in [1.82, 2.24) is 4.57 Å². The fraction of sp³-hybridized carbons (Fsp3) is 0.0508. The summed E-state index contributed by atoms with van der Waals surface area (Å²) < 4.78 is 2.33. The van der Waals surface area contributed by atoms with Gasteiger partial charge in [-0.3, -0.25) is 0 Å². The van der Waals surface area contributed by atoms with Gasteiger partial charge in [0, 0.05) is 40.4 Å². The van der Waals surface area contributed by atoms with Crippen molar-refractivity contribution in [2.24, 2.45) is 7.05 Å². The molecule has 290 valence electrons. The highest BCUT2D eigenvalue weighted by Gasteiger charge is 2.17. The molecule has 0 fully saturated rings.